The molecule has 1 amide bonds. The van der Waals surface area contributed by atoms with Gasteiger partial charge in [0.2, 0.25) is 5.91 Å². The Morgan fingerprint density at radius 1 is 1.33 bits per heavy atom. The van der Waals surface area contributed by atoms with Crippen molar-refractivity contribution in [2.45, 2.75) is 39.0 Å². The van der Waals surface area contributed by atoms with Crippen molar-refractivity contribution in [1.29, 1.82) is 0 Å². The van der Waals surface area contributed by atoms with Crippen molar-refractivity contribution in [2.75, 3.05) is 18.4 Å². The van der Waals surface area contributed by atoms with Crippen molar-refractivity contribution < 1.29 is 4.79 Å². The van der Waals surface area contributed by atoms with Crippen LogP contribution in [0.5, 0.6) is 0 Å². The predicted octanol–water partition coefficient (Wildman–Crippen LogP) is 4.18. The fourth-order valence-corrected chi connectivity index (χ4v) is 3.02. The summed E-state index contributed by atoms with van der Waals surface area (Å²) in [6.45, 7) is 3.23. The predicted molar refractivity (Wildman–Crippen MR) is 91.5 cm³/mol. The van der Waals surface area contributed by atoms with Gasteiger partial charge in [-0.1, -0.05) is 27.6 Å². The van der Waals surface area contributed by atoms with Crippen molar-refractivity contribution in [1.82, 2.24) is 5.32 Å². The number of carbonyl (C=O) groups is 1. The maximum absolute atomic E-state index is 11.9. The van der Waals surface area contributed by atoms with Crippen molar-refractivity contribution in [2.24, 2.45) is 0 Å². The van der Waals surface area contributed by atoms with Gasteiger partial charge < -0.3 is 10.6 Å². The highest BCUT2D eigenvalue weighted by atomic mass is 79.9. The Labute approximate surface area is 135 Å². The van der Waals surface area contributed by atoms with E-state index in [-0.39, 0.29) is 5.91 Å². The van der Waals surface area contributed by atoms with E-state index in [1.165, 1.54) is 31.3 Å². The molecule has 0 spiro atoms. The molecule has 2 N–H and O–H groups in total. The van der Waals surface area contributed by atoms with E-state index in [0.29, 0.717) is 6.54 Å². The molecule has 1 aliphatic carbocycles. The number of nitrogens with one attached hydrogen (secondary N) is 2. The van der Waals surface area contributed by atoms with E-state index in [1.807, 2.05) is 25.1 Å². The molecular formula is C17H23BrN2O. The molecular weight excluding hydrogens is 328 g/mol. The number of rotatable bonds is 6. The SMILES string of the molecule is Cc1cc(Br)ccc1NC(=O)CNCCC1=CCCCC1. The molecule has 0 saturated heterocycles. The first-order valence-electron chi connectivity index (χ1n) is 7.60. The first kappa shape index (κ1) is 16.2. The van der Waals surface area contributed by atoms with Crippen LogP contribution >= 0.6 is 15.9 Å². The molecule has 2 rings (SSSR count). The van der Waals surface area contributed by atoms with Crippen LogP contribution in [0.15, 0.2) is 34.3 Å². The van der Waals surface area contributed by atoms with Crippen molar-refractivity contribution in [3.8, 4) is 0 Å². The molecule has 0 fully saturated rings. The van der Waals surface area contributed by atoms with Crippen molar-refractivity contribution >= 4 is 27.5 Å². The van der Waals surface area contributed by atoms with Gasteiger partial charge in [0.15, 0.2) is 0 Å². The Morgan fingerprint density at radius 3 is 2.90 bits per heavy atom. The smallest absolute Gasteiger partial charge is 0.238 e. The highest BCUT2D eigenvalue weighted by Gasteiger charge is 2.06. The largest absolute Gasteiger partial charge is 0.325 e. The van der Waals surface area contributed by atoms with E-state index in [4.69, 9.17) is 0 Å². The third kappa shape index (κ3) is 5.64. The van der Waals surface area contributed by atoms with Gasteiger partial charge in [-0.15, -0.1) is 0 Å². The second-order valence-electron chi connectivity index (χ2n) is 5.54. The molecule has 0 bridgehead atoms. The van der Waals surface area contributed by atoms with E-state index in [1.54, 1.807) is 0 Å². The van der Waals surface area contributed by atoms with Crippen LogP contribution in [0.1, 0.15) is 37.7 Å². The quantitative estimate of drug-likeness (QED) is 0.596. The lowest BCUT2D eigenvalue weighted by atomic mass is 9.97. The lowest BCUT2D eigenvalue weighted by Crippen LogP contribution is -2.29. The molecule has 0 aromatic heterocycles. The van der Waals surface area contributed by atoms with Gasteiger partial charge in [0.1, 0.15) is 0 Å². The van der Waals surface area contributed by atoms with Gasteiger partial charge in [0.25, 0.3) is 0 Å². The number of amides is 1. The summed E-state index contributed by atoms with van der Waals surface area (Å²) in [5.41, 5.74) is 3.47. The summed E-state index contributed by atoms with van der Waals surface area (Å²) >= 11 is 3.42. The summed E-state index contributed by atoms with van der Waals surface area (Å²) in [6.07, 6.45) is 8.51. The van der Waals surface area contributed by atoms with Crippen LogP contribution < -0.4 is 10.6 Å². The molecule has 3 nitrogen and oxygen atoms in total. The third-order valence-electron chi connectivity index (χ3n) is 3.76. The second kappa shape index (κ2) is 8.35. The Balaban J connectivity index is 1.68. The zero-order valence-corrected chi connectivity index (χ0v) is 14.1. The van der Waals surface area contributed by atoms with Crippen molar-refractivity contribution in [3.05, 3.63) is 39.9 Å². The number of benzene rings is 1. The van der Waals surface area contributed by atoms with Gasteiger partial charge in [-0.3, -0.25) is 4.79 Å². The van der Waals surface area contributed by atoms with Gasteiger partial charge in [0.05, 0.1) is 6.54 Å². The van der Waals surface area contributed by atoms with Crippen LogP contribution in [-0.4, -0.2) is 19.0 Å². The highest BCUT2D eigenvalue weighted by molar-refractivity contribution is 9.10. The van der Waals surface area contributed by atoms with Gasteiger partial charge in [-0.2, -0.15) is 0 Å². The zero-order chi connectivity index (χ0) is 15.1. The first-order chi connectivity index (χ1) is 10.1. The van der Waals surface area contributed by atoms with Crippen molar-refractivity contribution in [3.63, 3.8) is 0 Å². The van der Waals surface area contributed by atoms with Crippen LogP contribution in [0.4, 0.5) is 5.69 Å². The summed E-state index contributed by atoms with van der Waals surface area (Å²) in [6, 6.07) is 5.86. The molecule has 0 atom stereocenters. The summed E-state index contributed by atoms with van der Waals surface area (Å²) in [5.74, 6) is 0.0121. The fourth-order valence-electron chi connectivity index (χ4n) is 2.54. The number of allylic oxidation sites excluding steroid dienone is 1. The van der Waals surface area contributed by atoms with E-state index in [2.05, 4.69) is 32.6 Å². The molecule has 0 radical (unpaired) electrons. The van der Waals surface area contributed by atoms with Crippen LogP contribution in [0.2, 0.25) is 0 Å². The molecule has 1 aromatic rings. The summed E-state index contributed by atoms with van der Waals surface area (Å²) < 4.78 is 1.02. The first-order valence-corrected chi connectivity index (χ1v) is 8.39. The minimum absolute atomic E-state index is 0.0121. The molecule has 21 heavy (non-hydrogen) atoms. The number of hydrogen-bond acceptors (Lipinski definition) is 2. The molecule has 0 unspecified atom stereocenters. The van der Waals surface area contributed by atoms with Crippen LogP contribution in [0.3, 0.4) is 0 Å². The van der Waals surface area contributed by atoms with E-state index in [0.717, 1.165) is 28.7 Å². The second-order valence-corrected chi connectivity index (χ2v) is 6.46. The van der Waals surface area contributed by atoms with Gasteiger partial charge in [-0.05, 0) is 69.3 Å². The maximum Gasteiger partial charge on any atom is 0.238 e. The third-order valence-corrected chi connectivity index (χ3v) is 4.25. The minimum Gasteiger partial charge on any atom is -0.325 e. The maximum atomic E-state index is 11.9. The number of carbonyl (C=O) groups excluding carboxylic acids is 1. The number of anilines is 1. The molecule has 1 aromatic carbocycles. The Hall–Kier alpha value is -1.13. The fraction of sp³-hybridized carbons (Fsp3) is 0.471. The zero-order valence-electron chi connectivity index (χ0n) is 12.5. The minimum atomic E-state index is 0.0121. The van der Waals surface area contributed by atoms with Crippen LogP contribution in [0, 0.1) is 6.92 Å². The molecule has 0 heterocycles. The Kier molecular flexibility index (Phi) is 6.46. The standard InChI is InChI=1S/C17H23BrN2O/c1-13-11-15(18)7-8-16(13)20-17(21)12-19-10-9-14-5-3-2-4-6-14/h5,7-8,11,19H,2-4,6,9-10,12H2,1H3,(H,20,21). The molecule has 4 heteroatoms. The average Bonchev–Trinajstić information content (AvgIpc) is 2.48. The Bertz CT molecular complexity index is 526. The molecule has 1 aliphatic rings. The van der Waals surface area contributed by atoms with Gasteiger partial charge in [0, 0.05) is 10.2 Å². The van der Waals surface area contributed by atoms with Crippen LogP contribution in [-0.2, 0) is 4.79 Å². The van der Waals surface area contributed by atoms with Gasteiger partial charge >= 0.3 is 0 Å². The number of halogens is 1. The molecule has 0 saturated carbocycles. The lowest BCUT2D eigenvalue weighted by Gasteiger charge is -2.13. The summed E-state index contributed by atoms with van der Waals surface area (Å²) in [5, 5.41) is 6.16. The number of hydrogen-bond donors (Lipinski definition) is 2. The number of aryl methyl sites for hydroxylation is 1. The summed E-state index contributed by atoms with van der Waals surface area (Å²) in [7, 11) is 0. The highest BCUT2D eigenvalue weighted by Crippen LogP contribution is 2.20. The van der Waals surface area contributed by atoms with Gasteiger partial charge in [-0.25, -0.2) is 0 Å². The monoisotopic (exact) mass is 350 g/mol. The van der Waals surface area contributed by atoms with E-state index >= 15 is 0 Å². The normalized spacial score (nSPS) is 14.7. The lowest BCUT2D eigenvalue weighted by molar-refractivity contribution is -0.115. The summed E-state index contributed by atoms with van der Waals surface area (Å²) in [4.78, 5) is 11.9. The molecule has 114 valence electrons. The van der Waals surface area contributed by atoms with E-state index < -0.39 is 0 Å². The topological polar surface area (TPSA) is 41.1 Å². The van der Waals surface area contributed by atoms with E-state index in [9.17, 15) is 4.79 Å². The Morgan fingerprint density at radius 2 is 2.19 bits per heavy atom. The average molecular weight is 351 g/mol. The van der Waals surface area contributed by atoms with Crippen LogP contribution in [0.25, 0.3) is 0 Å². The molecule has 0 aliphatic heterocycles.